The van der Waals surface area contributed by atoms with Crippen LogP contribution in [0.3, 0.4) is 0 Å². The van der Waals surface area contributed by atoms with E-state index >= 15 is 0 Å². The molecule has 1 aromatic heterocycles. The van der Waals surface area contributed by atoms with E-state index in [1.807, 2.05) is 53.1 Å². The molecule has 2 aromatic carbocycles. The predicted octanol–water partition coefficient (Wildman–Crippen LogP) is 5.37. The fourth-order valence-corrected chi connectivity index (χ4v) is 4.45. The van der Waals surface area contributed by atoms with E-state index in [1.165, 1.54) is 18.2 Å². The Bertz CT molecular complexity index is 1070. The third kappa shape index (κ3) is 6.76. The lowest BCUT2D eigenvalue weighted by molar-refractivity contribution is -0.119. The van der Waals surface area contributed by atoms with Gasteiger partial charge in [0, 0.05) is 6.04 Å². The molecule has 0 bridgehead atoms. The quantitative estimate of drug-likeness (QED) is 0.350. The van der Waals surface area contributed by atoms with Crippen molar-refractivity contribution in [1.82, 2.24) is 20.1 Å². The van der Waals surface area contributed by atoms with Gasteiger partial charge < -0.3 is 14.8 Å². The molecule has 1 N–H and O–H groups in total. The van der Waals surface area contributed by atoms with Gasteiger partial charge in [0.15, 0.2) is 11.0 Å². The highest BCUT2D eigenvalue weighted by Gasteiger charge is 2.20. The van der Waals surface area contributed by atoms with Crippen molar-refractivity contribution in [2.45, 2.75) is 51.2 Å². The fourth-order valence-electron chi connectivity index (χ4n) is 3.68. The van der Waals surface area contributed by atoms with Crippen LogP contribution in [0.25, 0.3) is 17.1 Å². The number of para-hydroxylation sites is 1. The Morgan fingerprint density at radius 3 is 2.41 bits per heavy atom. The average Bonchev–Trinajstić information content (AvgIpc) is 3.26. The van der Waals surface area contributed by atoms with Crippen molar-refractivity contribution in [2.75, 3.05) is 20.0 Å². The number of aromatic nitrogens is 3. The molecular weight excluding hydrogens is 448 g/mol. The summed E-state index contributed by atoms with van der Waals surface area (Å²) >= 11 is 1.36. The number of methoxy groups -OCH3 is 2. The minimum atomic E-state index is -0.00910. The van der Waals surface area contributed by atoms with Gasteiger partial charge in [0.2, 0.25) is 5.91 Å². The van der Waals surface area contributed by atoms with Crippen LogP contribution in [0, 0.1) is 5.92 Å². The molecule has 0 radical (unpaired) electrons. The van der Waals surface area contributed by atoms with Crippen LogP contribution in [0.2, 0.25) is 0 Å². The number of nitrogens with one attached hydrogen (secondary N) is 1. The first-order chi connectivity index (χ1) is 16.4. The summed E-state index contributed by atoms with van der Waals surface area (Å²) in [6, 6.07) is 15.5. The van der Waals surface area contributed by atoms with E-state index in [9.17, 15) is 4.79 Å². The second-order valence-electron chi connectivity index (χ2n) is 8.62. The standard InChI is InChI=1S/C26H34N4O3S/c1-18(2)9-8-10-19(3)27-24(31)17-34-26-29-28-25(22-11-6-7-12-23(22)33-5)30(26)20-13-15-21(32-4)16-14-20/h6-7,11-16,18-19H,8-10,17H2,1-5H3,(H,27,31)/t19-/m0/s1. The molecule has 0 saturated heterocycles. The lowest BCUT2D eigenvalue weighted by Crippen LogP contribution is -2.33. The van der Waals surface area contributed by atoms with Gasteiger partial charge >= 0.3 is 0 Å². The summed E-state index contributed by atoms with van der Waals surface area (Å²) in [4.78, 5) is 12.6. The number of hydrogen-bond acceptors (Lipinski definition) is 6. The minimum absolute atomic E-state index is 0.00910. The predicted molar refractivity (Wildman–Crippen MR) is 137 cm³/mol. The second-order valence-corrected chi connectivity index (χ2v) is 9.56. The van der Waals surface area contributed by atoms with E-state index < -0.39 is 0 Å². The zero-order chi connectivity index (χ0) is 24.5. The third-order valence-corrected chi connectivity index (χ3v) is 6.40. The molecule has 3 rings (SSSR count). The maximum atomic E-state index is 12.6. The van der Waals surface area contributed by atoms with Gasteiger partial charge in [-0.3, -0.25) is 9.36 Å². The van der Waals surface area contributed by atoms with Crippen LogP contribution in [-0.2, 0) is 4.79 Å². The highest BCUT2D eigenvalue weighted by Crippen LogP contribution is 2.33. The van der Waals surface area contributed by atoms with E-state index in [4.69, 9.17) is 9.47 Å². The minimum Gasteiger partial charge on any atom is -0.497 e. The molecule has 0 fully saturated rings. The lowest BCUT2D eigenvalue weighted by Gasteiger charge is -2.15. The third-order valence-electron chi connectivity index (χ3n) is 5.47. The smallest absolute Gasteiger partial charge is 0.230 e. The Morgan fingerprint density at radius 2 is 1.74 bits per heavy atom. The van der Waals surface area contributed by atoms with E-state index in [0.29, 0.717) is 22.6 Å². The summed E-state index contributed by atoms with van der Waals surface area (Å²) in [6.45, 7) is 6.50. The molecule has 0 aliphatic carbocycles. The van der Waals surface area contributed by atoms with Crippen LogP contribution in [0.1, 0.15) is 40.0 Å². The highest BCUT2D eigenvalue weighted by atomic mass is 32.2. The van der Waals surface area contributed by atoms with E-state index in [1.54, 1.807) is 14.2 Å². The number of thioether (sulfide) groups is 1. The second kappa shape index (κ2) is 12.5. The first-order valence-corrected chi connectivity index (χ1v) is 12.6. The Labute approximate surface area is 206 Å². The van der Waals surface area contributed by atoms with E-state index in [-0.39, 0.29) is 17.7 Å². The lowest BCUT2D eigenvalue weighted by atomic mass is 10.0. The molecule has 0 spiro atoms. The number of hydrogen-bond donors (Lipinski definition) is 1. The summed E-state index contributed by atoms with van der Waals surface area (Å²) < 4.78 is 12.8. The molecule has 34 heavy (non-hydrogen) atoms. The van der Waals surface area contributed by atoms with Gasteiger partial charge in [-0.15, -0.1) is 10.2 Å². The zero-order valence-corrected chi connectivity index (χ0v) is 21.4. The number of amides is 1. The molecule has 1 amide bonds. The van der Waals surface area contributed by atoms with Gasteiger partial charge in [0.25, 0.3) is 0 Å². The molecule has 0 aliphatic heterocycles. The summed E-state index contributed by atoms with van der Waals surface area (Å²) in [5, 5.41) is 12.6. The average molecular weight is 483 g/mol. The topological polar surface area (TPSA) is 78.3 Å². The van der Waals surface area contributed by atoms with Crippen molar-refractivity contribution in [2.24, 2.45) is 5.92 Å². The Hall–Kier alpha value is -3.00. The summed E-state index contributed by atoms with van der Waals surface area (Å²) in [7, 11) is 3.27. The van der Waals surface area contributed by atoms with Crippen molar-refractivity contribution < 1.29 is 14.3 Å². The molecule has 1 atom stereocenters. The van der Waals surface area contributed by atoms with Crippen molar-refractivity contribution in [1.29, 1.82) is 0 Å². The Balaban J connectivity index is 1.80. The van der Waals surface area contributed by atoms with Crippen molar-refractivity contribution >= 4 is 17.7 Å². The van der Waals surface area contributed by atoms with E-state index in [0.717, 1.165) is 29.8 Å². The van der Waals surface area contributed by atoms with Crippen LogP contribution >= 0.6 is 11.8 Å². The number of carbonyl (C=O) groups is 1. The summed E-state index contributed by atoms with van der Waals surface area (Å²) in [6.07, 6.45) is 3.26. The molecule has 8 heteroatoms. The number of carbonyl (C=O) groups excluding carboxylic acids is 1. The number of benzene rings is 2. The molecule has 0 aliphatic rings. The fraction of sp³-hybridized carbons (Fsp3) is 0.423. The van der Waals surface area contributed by atoms with Crippen LogP contribution < -0.4 is 14.8 Å². The Morgan fingerprint density at radius 1 is 1.00 bits per heavy atom. The van der Waals surface area contributed by atoms with Crippen LogP contribution in [0.4, 0.5) is 0 Å². The number of ether oxygens (including phenoxy) is 2. The van der Waals surface area contributed by atoms with Crippen LogP contribution in [-0.4, -0.2) is 46.7 Å². The molecule has 7 nitrogen and oxygen atoms in total. The SMILES string of the molecule is COc1ccc(-n2c(SCC(=O)N[C@@H](C)CCCC(C)C)nnc2-c2ccccc2OC)cc1. The maximum Gasteiger partial charge on any atom is 0.230 e. The highest BCUT2D eigenvalue weighted by molar-refractivity contribution is 7.99. The van der Waals surface area contributed by atoms with Gasteiger partial charge in [0.1, 0.15) is 11.5 Å². The normalized spacial score (nSPS) is 11.9. The summed E-state index contributed by atoms with van der Waals surface area (Å²) in [5.74, 6) is 3.04. The van der Waals surface area contributed by atoms with Crippen LogP contribution in [0.15, 0.2) is 53.7 Å². The number of nitrogens with zero attached hydrogens (tertiary/aromatic N) is 3. The van der Waals surface area contributed by atoms with Gasteiger partial charge in [-0.05, 0) is 55.7 Å². The molecule has 1 heterocycles. The van der Waals surface area contributed by atoms with Crippen LogP contribution in [0.5, 0.6) is 11.5 Å². The first-order valence-electron chi connectivity index (χ1n) is 11.6. The molecular formula is C26H34N4O3S. The van der Waals surface area contributed by atoms with Gasteiger partial charge in [0.05, 0.1) is 31.2 Å². The maximum absolute atomic E-state index is 12.6. The Kier molecular flexibility index (Phi) is 9.39. The molecule has 0 unspecified atom stereocenters. The monoisotopic (exact) mass is 482 g/mol. The molecule has 0 saturated carbocycles. The summed E-state index contributed by atoms with van der Waals surface area (Å²) in [5.41, 5.74) is 1.69. The van der Waals surface area contributed by atoms with Gasteiger partial charge in [-0.25, -0.2) is 0 Å². The van der Waals surface area contributed by atoms with Crippen molar-refractivity contribution in [3.05, 3.63) is 48.5 Å². The van der Waals surface area contributed by atoms with Crippen molar-refractivity contribution in [3.63, 3.8) is 0 Å². The molecule has 3 aromatic rings. The van der Waals surface area contributed by atoms with Gasteiger partial charge in [-0.1, -0.05) is 50.6 Å². The van der Waals surface area contributed by atoms with Crippen molar-refractivity contribution in [3.8, 4) is 28.6 Å². The largest absolute Gasteiger partial charge is 0.497 e. The van der Waals surface area contributed by atoms with Gasteiger partial charge in [-0.2, -0.15) is 0 Å². The first kappa shape index (κ1) is 25.6. The molecule has 182 valence electrons. The number of rotatable bonds is 12. The van der Waals surface area contributed by atoms with E-state index in [2.05, 4.69) is 36.3 Å². The zero-order valence-electron chi connectivity index (χ0n) is 20.6.